The van der Waals surface area contributed by atoms with Crippen LogP contribution in [-0.2, 0) is 5.41 Å². The normalized spacial score (nSPS) is 21.7. The van der Waals surface area contributed by atoms with Crippen molar-refractivity contribution in [3.8, 4) is 5.75 Å². The fraction of sp³-hybridized carbons (Fsp3) is 0.500. The standard InChI is InChI=1S/C22H28N4O2/c1-22(2,3)19-9-10-20(24-23-19)25-11-16-13-26(14-17(16)12-25)21(27)15-5-7-18(28-4)8-6-15/h5-10,16-17H,11-14H2,1-4H3. The molecular formula is C22H28N4O2. The number of hydrogen-bond acceptors (Lipinski definition) is 5. The van der Waals surface area contributed by atoms with E-state index in [1.54, 1.807) is 7.11 Å². The lowest BCUT2D eigenvalue weighted by atomic mass is 9.92. The molecular weight excluding hydrogens is 352 g/mol. The first-order valence-corrected chi connectivity index (χ1v) is 9.87. The number of hydrogen-bond donors (Lipinski definition) is 0. The summed E-state index contributed by atoms with van der Waals surface area (Å²) in [4.78, 5) is 17.1. The summed E-state index contributed by atoms with van der Waals surface area (Å²) in [6, 6.07) is 11.5. The van der Waals surface area contributed by atoms with E-state index in [0.29, 0.717) is 11.8 Å². The second-order valence-electron chi connectivity index (χ2n) is 8.89. The van der Waals surface area contributed by atoms with E-state index < -0.39 is 0 Å². The van der Waals surface area contributed by atoms with E-state index in [0.717, 1.165) is 49.0 Å². The molecule has 0 aliphatic carbocycles. The van der Waals surface area contributed by atoms with Gasteiger partial charge in [0.1, 0.15) is 5.75 Å². The van der Waals surface area contributed by atoms with Crippen LogP contribution in [0.1, 0.15) is 36.8 Å². The highest BCUT2D eigenvalue weighted by Gasteiger charge is 2.42. The molecule has 2 aliphatic rings. The Hall–Kier alpha value is -2.63. The summed E-state index contributed by atoms with van der Waals surface area (Å²) in [5.74, 6) is 2.80. The van der Waals surface area contributed by atoms with Crippen LogP contribution in [0.4, 0.5) is 5.82 Å². The van der Waals surface area contributed by atoms with Crippen molar-refractivity contribution in [2.75, 3.05) is 38.2 Å². The summed E-state index contributed by atoms with van der Waals surface area (Å²) in [6.45, 7) is 9.91. The van der Waals surface area contributed by atoms with E-state index in [-0.39, 0.29) is 11.3 Å². The first kappa shape index (κ1) is 18.7. The zero-order valence-corrected chi connectivity index (χ0v) is 17.1. The predicted octanol–water partition coefficient (Wildman–Crippen LogP) is 2.99. The predicted molar refractivity (Wildman–Crippen MR) is 109 cm³/mol. The number of fused-ring (bicyclic) bond motifs is 1. The number of ether oxygens (including phenoxy) is 1. The number of nitrogens with zero attached hydrogens (tertiary/aromatic N) is 4. The van der Waals surface area contributed by atoms with Crippen molar-refractivity contribution in [1.82, 2.24) is 15.1 Å². The zero-order chi connectivity index (χ0) is 19.9. The van der Waals surface area contributed by atoms with E-state index in [1.807, 2.05) is 29.2 Å². The van der Waals surface area contributed by atoms with Crippen molar-refractivity contribution in [3.05, 3.63) is 47.7 Å². The molecule has 0 radical (unpaired) electrons. The molecule has 0 bridgehead atoms. The molecule has 6 heteroatoms. The van der Waals surface area contributed by atoms with Crippen molar-refractivity contribution in [2.24, 2.45) is 11.8 Å². The second kappa shape index (κ2) is 7.08. The van der Waals surface area contributed by atoms with Gasteiger partial charge in [-0.2, -0.15) is 5.10 Å². The van der Waals surface area contributed by atoms with Crippen molar-refractivity contribution in [2.45, 2.75) is 26.2 Å². The molecule has 2 atom stereocenters. The Morgan fingerprint density at radius 1 is 0.964 bits per heavy atom. The highest BCUT2D eigenvalue weighted by molar-refractivity contribution is 5.94. The summed E-state index contributed by atoms with van der Waals surface area (Å²) in [7, 11) is 1.63. The molecule has 1 amide bonds. The van der Waals surface area contributed by atoms with Gasteiger partial charge in [-0.3, -0.25) is 4.79 Å². The Labute approximate surface area is 166 Å². The third-order valence-corrected chi connectivity index (χ3v) is 5.85. The van der Waals surface area contributed by atoms with Crippen LogP contribution in [0.15, 0.2) is 36.4 Å². The van der Waals surface area contributed by atoms with Crippen LogP contribution < -0.4 is 9.64 Å². The summed E-state index contributed by atoms with van der Waals surface area (Å²) in [5.41, 5.74) is 1.74. The lowest BCUT2D eigenvalue weighted by Gasteiger charge is -2.23. The van der Waals surface area contributed by atoms with E-state index in [2.05, 4.69) is 48.0 Å². The van der Waals surface area contributed by atoms with Gasteiger partial charge in [0.05, 0.1) is 12.8 Å². The van der Waals surface area contributed by atoms with Gasteiger partial charge in [-0.25, -0.2) is 0 Å². The lowest BCUT2D eigenvalue weighted by molar-refractivity contribution is 0.0782. The fourth-order valence-corrected chi connectivity index (χ4v) is 4.16. The van der Waals surface area contributed by atoms with E-state index in [1.165, 1.54) is 0 Å². The third kappa shape index (κ3) is 3.55. The molecule has 2 aromatic rings. The SMILES string of the molecule is COc1ccc(C(=O)N2CC3CN(c4ccc(C(C)(C)C)nn4)CC3C2)cc1. The third-order valence-electron chi connectivity index (χ3n) is 5.85. The monoisotopic (exact) mass is 380 g/mol. The van der Waals surface area contributed by atoms with Gasteiger partial charge in [0.15, 0.2) is 5.82 Å². The molecule has 6 nitrogen and oxygen atoms in total. The number of benzene rings is 1. The smallest absolute Gasteiger partial charge is 0.253 e. The summed E-state index contributed by atoms with van der Waals surface area (Å²) < 4.78 is 5.17. The fourth-order valence-electron chi connectivity index (χ4n) is 4.16. The highest BCUT2D eigenvalue weighted by atomic mass is 16.5. The number of carbonyl (C=O) groups is 1. The molecule has 0 saturated carbocycles. The summed E-state index contributed by atoms with van der Waals surface area (Å²) >= 11 is 0. The Morgan fingerprint density at radius 3 is 2.11 bits per heavy atom. The highest BCUT2D eigenvalue weighted by Crippen LogP contribution is 2.34. The number of amides is 1. The molecule has 2 unspecified atom stereocenters. The number of likely N-dealkylation sites (tertiary alicyclic amines) is 1. The second-order valence-corrected chi connectivity index (χ2v) is 8.89. The summed E-state index contributed by atoms with van der Waals surface area (Å²) in [6.07, 6.45) is 0. The molecule has 2 fully saturated rings. The molecule has 3 heterocycles. The molecule has 2 saturated heterocycles. The van der Waals surface area contributed by atoms with Crippen molar-refractivity contribution in [1.29, 1.82) is 0 Å². The van der Waals surface area contributed by atoms with Crippen LogP contribution in [0.3, 0.4) is 0 Å². The van der Waals surface area contributed by atoms with Crippen LogP contribution >= 0.6 is 0 Å². The number of aromatic nitrogens is 2. The number of rotatable bonds is 3. The lowest BCUT2D eigenvalue weighted by Crippen LogP contribution is -2.33. The topological polar surface area (TPSA) is 58.6 Å². The molecule has 2 aliphatic heterocycles. The number of carbonyl (C=O) groups excluding carboxylic acids is 1. The Balaban J connectivity index is 1.38. The van der Waals surface area contributed by atoms with Crippen molar-refractivity contribution < 1.29 is 9.53 Å². The molecule has 0 spiro atoms. The van der Waals surface area contributed by atoms with Gasteiger partial charge in [0, 0.05) is 49.0 Å². The minimum atomic E-state index is 0.00929. The summed E-state index contributed by atoms with van der Waals surface area (Å²) in [5, 5.41) is 8.87. The first-order chi connectivity index (χ1) is 13.3. The van der Waals surface area contributed by atoms with E-state index in [9.17, 15) is 4.79 Å². The van der Waals surface area contributed by atoms with Gasteiger partial charge in [-0.15, -0.1) is 5.10 Å². The van der Waals surface area contributed by atoms with Gasteiger partial charge >= 0.3 is 0 Å². The van der Waals surface area contributed by atoms with Crippen LogP contribution in [0.2, 0.25) is 0 Å². The van der Waals surface area contributed by atoms with Crippen LogP contribution in [0.25, 0.3) is 0 Å². The van der Waals surface area contributed by atoms with Gasteiger partial charge in [0.25, 0.3) is 5.91 Å². The maximum absolute atomic E-state index is 12.8. The molecule has 4 rings (SSSR count). The quantitative estimate of drug-likeness (QED) is 0.819. The van der Waals surface area contributed by atoms with E-state index in [4.69, 9.17) is 4.74 Å². The average Bonchev–Trinajstić information content (AvgIpc) is 3.26. The average molecular weight is 380 g/mol. The maximum atomic E-state index is 12.8. The number of methoxy groups -OCH3 is 1. The zero-order valence-electron chi connectivity index (χ0n) is 17.1. The Bertz CT molecular complexity index is 828. The van der Waals surface area contributed by atoms with Gasteiger partial charge in [-0.05, 0) is 36.4 Å². The number of anilines is 1. The van der Waals surface area contributed by atoms with E-state index >= 15 is 0 Å². The maximum Gasteiger partial charge on any atom is 0.253 e. The van der Waals surface area contributed by atoms with Gasteiger partial charge < -0.3 is 14.5 Å². The van der Waals surface area contributed by atoms with Crippen LogP contribution in [0.5, 0.6) is 5.75 Å². The van der Waals surface area contributed by atoms with Crippen molar-refractivity contribution >= 4 is 11.7 Å². The van der Waals surface area contributed by atoms with Crippen LogP contribution in [0, 0.1) is 11.8 Å². The minimum Gasteiger partial charge on any atom is -0.497 e. The van der Waals surface area contributed by atoms with Crippen molar-refractivity contribution in [3.63, 3.8) is 0 Å². The molecule has 1 aromatic heterocycles. The Kier molecular flexibility index (Phi) is 4.73. The molecule has 1 aromatic carbocycles. The van der Waals surface area contributed by atoms with Gasteiger partial charge in [-0.1, -0.05) is 20.8 Å². The minimum absolute atomic E-state index is 0.00929. The van der Waals surface area contributed by atoms with Gasteiger partial charge in [0.2, 0.25) is 0 Å². The molecule has 148 valence electrons. The Morgan fingerprint density at radius 2 is 1.61 bits per heavy atom. The first-order valence-electron chi connectivity index (χ1n) is 9.87. The molecule has 0 N–H and O–H groups in total. The van der Waals surface area contributed by atoms with Crippen LogP contribution in [-0.4, -0.2) is 54.3 Å². The largest absolute Gasteiger partial charge is 0.497 e. The molecule has 28 heavy (non-hydrogen) atoms.